The number of nitrogens with two attached hydrogens (primary N) is 1. The monoisotopic (exact) mass is 285 g/mol. The zero-order valence-corrected chi connectivity index (χ0v) is 10.1. The highest BCUT2D eigenvalue weighted by atomic mass is 19.1. The van der Waals surface area contributed by atoms with Crippen molar-refractivity contribution in [2.45, 2.75) is 24.4 Å². The molecule has 0 saturated carbocycles. The zero-order valence-electron chi connectivity index (χ0n) is 10.1. The molecule has 2 aromatic heterocycles. The van der Waals surface area contributed by atoms with Gasteiger partial charge in [-0.1, -0.05) is 0 Å². The topological polar surface area (TPSA) is 150 Å². The van der Waals surface area contributed by atoms with Gasteiger partial charge in [0.15, 0.2) is 11.3 Å². The maximum absolute atomic E-state index is 13.2. The maximum Gasteiger partial charge on any atom is 0.311 e. The number of aromatic nitrogens is 4. The van der Waals surface area contributed by atoms with Crippen molar-refractivity contribution < 1.29 is 24.4 Å². The molecule has 0 bridgehead atoms. The summed E-state index contributed by atoms with van der Waals surface area (Å²) in [6.45, 7) is -0.466. The summed E-state index contributed by atoms with van der Waals surface area (Å²) in [7, 11) is 0. The van der Waals surface area contributed by atoms with Gasteiger partial charge >= 0.3 is 6.08 Å². The van der Waals surface area contributed by atoms with Gasteiger partial charge in [-0.3, -0.25) is 5.10 Å². The van der Waals surface area contributed by atoms with Crippen LogP contribution in [0.3, 0.4) is 0 Å². The van der Waals surface area contributed by atoms with E-state index >= 15 is 0 Å². The third-order valence-electron chi connectivity index (χ3n) is 3.25. The Morgan fingerprint density at radius 2 is 2.00 bits per heavy atom. The second-order valence-electron chi connectivity index (χ2n) is 4.47. The van der Waals surface area contributed by atoms with E-state index in [0.29, 0.717) is 0 Å². The quantitative estimate of drug-likeness (QED) is 0.407. The lowest BCUT2D eigenvalue weighted by molar-refractivity contribution is -0.0236. The minimum absolute atomic E-state index is 0.0600. The van der Waals surface area contributed by atoms with Gasteiger partial charge in [-0.2, -0.15) is 19.5 Å². The van der Waals surface area contributed by atoms with Crippen molar-refractivity contribution in [1.29, 1.82) is 0 Å². The van der Waals surface area contributed by atoms with Crippen LogP contribution >= 0.6 is 0 Å². The molecule has 0 aliphatic carbocycles. The lowest BCUT2D eigenvalue weighted by Gasteiger charge is -2.12. The van der Waals surface area contributed by atoms with Crippen LogP contribution in [-0.4, -0.2) is 60.4 Å². The van der Waals surface area contributed by atoms with Crippen LogP contribution in [0.25, 0.3) is 11.0 Å². The second-order valence-corrected chi connectivity index (χ2v) is 4.47. The Labute approximate surface area is 111 Å². The number of H-pyrrole nitrogens is 1. The molecule has 1 saturated heterocycles. The molecule has 0 spiro atoms. The third-order valence-corrected chi connectivity index (χ3v) is 3.25. The molecule has 9 nitrogen and oxygen atoms in total. The predicted octanol–water partition coefficient (Wildman–Crippen LogP) is -1.77. The molecule has 3 rings (SSSR count). The molecule has 4 atom stereocenters. The lowest BCUT2D eigenvalue weighted by Crippen LogP contribution is -2.32. The summed E-state index contributed by atoms with van der Waals surface area (Å²) in [5.74, 6) is -0.151. The summed E-state index contributed by atoms with van der Waals surface area (Å²) >= 11 is 0. The third kappa shape index (κ3) is 1.81. The number of nitrogen functional groups attached to an aromatic ring is 1. The molecule has 3 heterocycles. The van der Waals surface area contributed by atoms with Gasteiger partial charge in [-0.25, -0.2) is 0 Å². The number of halogens is 1. The van der Waals surface area contributed by atoms with Gasteiger partial charge in [0.2, 0.25) is 0 Å². The predicted molar refractivity (Wildman–Crippen MR) is 62.8 cm³/mol. The summed E-state index contributed by atoms with van der Waals surface area (Å²) in [6.07, 6.45) is -5.59. The number of aliphatic hydroxyl groups is 3. The van der Waals surface area contributed by atoms with E-state index < -0.39 is 37.1 Å². The SMILES string of the molecule is Nc1nc(F)nc2c([C@@H]3O[C@H](CO)[C@@H](O)[C@H]3O)[nH]nc12. The van der Waals surface area contributed by atoms with Crippen LogP contribution in [0.15, 0.2) is 0 Å². The maximum atomic E-state index is 13.2. The van der Waals surface area contributed by atoms with Crippen molar-refractivity contribution in [2.24, 2.45) is 0 Å². The Morgan fingerprint density at radius 3 is 2.65 bits per heavy atom. The first kappa shape index (κ1) is 13.1. The van der Waals surface area contributed by atoms with Crippen LogP contribution in [0.5, 0.6) is 0 Å². The van der Waals surface area contributed by atoms with Crippen LogP contribution in [0, 0.1) is 6.08 Å². The van der Waals surface area contributed by atoms with Crippen molar-refractivity contribution in [3.63, 3.8) is 0 Å². The fraction of sp³-hybridized carbons (Fsp3) is 0.500. The Kier molecular flexibility index (Phi) is 3.01. The highest BCUT2D eigenvalue weighted by Crippen LogP contribution is 2.35. The Balaban J connectivity index is 2.07. The fourth-order valence-electron chi connectivity index (χ4n) is 2.25. The lowest BCUT2D eigenvalue weighted by atomic mass is 10.1. The molecule has 0 unspecified atom stereocenters. The van der Waals surface area contributed by atoms with Crippen molar-refractivity contribution in [2.75, 3.05) is 12.3 Å². The van der Waals surface area contributed by atoms with Crippen LogP contribution in [0.4, 0.5) is 10.2 Å². The number of fused-ring (bicyclic) bond motifs is 1. The van der Waals surface area contributed by atoms with Crippen molar-refractivity contribution in [3.05, 3.63) is 11.8 Å². The van der Waals surface area contributed by atoms with E-state index in [2.05, 4.69) is 20.2 Å². The number of rotatable bonds is 2. The molecule has 20 heavy (non-hydrogen) atoms. The largest absolute Gasteiger partial charge is 0.394 e. The molecule has 108 valence electrons. The number of hydrogen-bond donors (Lipinski definition) is 5. The van der Waals surface area contributed by atoms with Crippen molar-refractivity contribution in [3.8, 4) is 0 Å². The second kappa shape index (κ2) is 4.59. The number of nitrogens with zero attached hydrogens (tertiary/aromatic N) is 3. The Bertz CT molecular complexity index is 650. The van der Waals surface area contributed by atoms with E-state index in [4.69, 9.17) is 15.6 Å². The highest BCUT2D eigenvalue weighted by molar-refractivity contribution is 5.85. The first-order chi connectivity index (χ1) is 9.52. The van der Waals surface area contributed by atoms with Gasteiger partial charge < -0.3 is 25.8 Å². The van der Waals surface area contributed by atoms with Crippen molar-refractivity contribution in [1.82, 2.24) is 20.2 Å². The van der Waals surface area contributed by atoms with Gasteiger partial charge in [0.05, 0.1) is 12.3 Å². The molecule has 0 radical (unpaired) electrons. The summed E-state index contributed by atoms with van der Waals surface area (Å²) < 4.78 is 18.5. The molecule has 2 aromatic rings. The number of hydrogen-bond acceptors (Lipinski definition) is 8. The first-order valence-electron chi connectivity index (χ1n) is 5.82. The number of aromatic amines is 1. The van der Waals surface area contributed by atoms with Crippen LogP contribution in [0.1, 0.15) is 11.8 Å². The first-order valence-corrected chi connectivity index (χ1v) is 5.82. The molecule has 0 amide bonds. The molecule has 6 N–H and O–H groups in total. The van der Waals surface area contributed by atoms with Crippen LogP contribution < -0.4 is 5.73 Å². The number of anilines is 1. The van der Waals surface area contributed by atoms with E-state index in [1.54, 1.807) is 0 Å². The normalized spacial score (nSPS) is 30.2. The van der Waals surface area contributed by atoms with E-state index in [1.807, 2.05) is 0 Å². The standard InChI is InChI=1S/C10H12FN5O4/c11-10-13-3-4(15-16-5(3)9(12)14-10)8-7(19)6(18)2(1-17)20-8/h2,6-8,17-19H,1H2,(H,15,16)(H2,12,13,14)/t2-,6-,7-,8+/m1/s1. The fourth-order valence-corrected chi connectivity index (χ4v) is 2.25. The average molecular weight is 285 g/mol. The highest BCUT2D eigenvalue weighted by Gasteiger charge is 2.44. The van der Waals surface area contributed by atoms with Crippen LogP contribution in [-0.2, 0) is 4.74 Å². The van der Waals surface area contributed by atoms with E-state index in [1.165, 1.54) is 0 Å². The number of ether oxygens (including phenoxy) is 1. The average Bonchev–Trinajstić information content (AvgIpc) is 2.93. The summed E-state index contributed by atoms with van der Waals surface area (Å²) in [6, 6.07) is 0. The minimum atomic E-state index is -1.31. The molecule has 1 fully saturated rings. The van der Waals surface area contributed by atoms with Crippen molar-refractivity contribution >= 4 is 16.9 Å². The van der Waals surface area contributed by atoms with Gasteiger partial charge in [-0.05, 0) is 0 Å². The van der Waals surface area contributed by atoms with E-state index in [0.717, 1.165) is 0 Å². The van der Waals surface area contributed by atoms with E-state index in [9.17, 15) is 14.6 Å². The zero-order chi connectivity index (χ0) is 14.4. The summed E-state index contributed by atoms with van der Waals surface area (Å²) in [4.78, 5) is 6.90. The molecular formula is C10H12FN5O4. The van der Waals surface area contributed by atoms with Gasteiger partial charge in [0.25, 0.3) is 0 Å². The number of nitrogens with one attached hydrogen (secondary N) is 1. The Hall–Kier alpha value is -1.88. The van der Waals surface area contributed by atoms with Gasteiger partial charge in [0.1, 0.15) is 29.9 Å². The molecular weight excluding hydrogens is 273 g/mol. The van der Waals surface area contributed by atoms with Gasteiger partial charge in [0, 0.05) is 0 Å². The smallest absolute Gasteiger partial charge is 0.311 e. The molecule has 1 aliphatic rings. The van der Waals surface area contributed by atoms with E-state index in [-0.39, 0.29) is 22.5 Å². The Morgan fingerprint density at radius 1 is 1.25 bits per heavy atom. The van der Waals surface area contributed by atoms with Gasteiger partial charge in [-0.15, -0.1) is 0 Å². The van der Waals surface area contributed by atoms with Crippen LogP contribution in [0.2, 0.25) is 0 Å². The summed E-state index contributed by atoms with van der Waals surface area (Å²) in [5.41, 5.74) is 5.88. The molecule has 10 heteroatoms. The minimum Gasteiger partial charge on any atom is -0.394 e. The number of aliphatic hydroxyl groups excluding tert-OH is 3. The molecule has 1 aliphatic heterocycles. The summed E-state index contributed by atoms with van der Waals surface area (Å²) in [5, 5.41) is 35.1. The molecule has 0 aromatic carbocycles.